The van der Waals surface area contributed by atoms with Crippen LogP contribution in [-0.4, -0.2) is 56.3 Å². The van der Waals surface area contributed by atoms with Crippen LogP contribution in [-0.2, 0) is 11.2 Å². The van der Waals surface area contributed by atoms with Gasteiger partial charge < -0.3 is 14.9 Å². The number of benzene rings is 1. The van der Waals surface area contributed by atoms with Crippen molar-refractivity contribution in [3.05, 3.63) is 59.9 Å². The molecule has 0 saturated carbocycles. The van der Waals surface area contributed by atoms with Gasteiger partial charge >= 0.3 is 0 Å². The molecule has 2 aromatic heterocycles. The predicted octanol–water partition coefficient (Wildman–Crippen LogP) is 3.33. The van der Waals surface area contributed by atoms with Crippen LogP contribution in [0.25, 0.3) is 11.4 Å². The molecule has 2 atom stereocenters. The molecule has 1 aliphatic rings. The molecule has 0 bridgehead atoms. The maximum Gasteiger partial charge on any atom is 0.245 e. The summed E-state index contributed by atoms with van der Waals surface area (Å²) in [4.78, 5) is 33.2. The van der Waals surface area contributed by atoms with Crippen molar-refractivity contribution in [3.8, 4) is 11.4 Å². The van der Waals surface area contributed by atoms with Gasteiger partial charge in [-0.1, -0.05) is 37.3 Å². The van der Waals surface area contributed by atoms with Gasteiger partial charge in [0.1, 0.15) is 17.7 Å². The van der Waals surface area contributed by atoms with Gasteiger partial charge in [0.25, 0.3) is 0 Å². The topological polar surface area (TPSA) is 80.9 Å². The number of hydrogen-bond donors (Lipinski definition) is 2. The number of amides is 1. The average Bonchev–Trinajstić information content (AvgIpc) is 3.47. The fourth-order valence-electron chi connectivity index (χ4n) is 4.09. The lowest BCUT2D eigenvalue weighted by Crippen LogP contribution is -2.40. The summed E-state index contributed by atoms with van der Waals surface area (Å²) in [5.74, 6) is 1.91. The number of likely N-dealkylation sites (tertiary alicyclic amines) is 1. The molecule has 0 aliphatic carbocycles. The molecular weight excluding hydrogens is 364 g/mol. The average molecular weight is 393 g/mol. The van der Waals surface area contributed by atoms with E-state index < -0.39 is 0 Å². The van der Waals surface area contributed by atoms with Crippen LogP contribution in [0.2, 0.25) is 0 Å². The van der Waals surface area contributed by atoms with Crippen molar-refractivity contribution in [3.63, 3.8) is 0 Å². The third-order valence-electron chi connectivity index (χ3n) is 5.57. The highest BCUT2D eigenvalue weighted by atomic mass is 16.2. The number of nitrogens with one attached hydrogen (secondary N) is 2. The summed E-state index contributed by atoms with van der Waals surface area (Å²) in [5.41, 5.74) is 2.84. The Balaban J connectivity index is 1.58. The fraction of sp³-hybridized carbons (Fsp3) is 0.409. The quantitative estimate of drug-likeness (QED) is 0.674. The van der Waals surface area contributed by atoms with Gasteiger partial charge in [0.05, 0.1) is 29.8 Å². The molecule has 1 saturated heterocycles. The number of imidazole rings is 2. The van der Waals surface area contributed by atoms with Crippen LogP contribution in [0.4, 0.5) is 0 Å². The van der Waals surface area contributed by atoms with Crippen molar-refractivity contribution < 1.29 is 4.79 Å². The van der Waals surface area contributed by atoms with Crippen molar-refractivity contribution in [1.82, 2.24) is 29.7 Å². The lowest BCUT2D eigenvalue weighted by atomic mass is 10.0. The summed E-state index contributed by atoms with van der Waals surface area (Å²) in [6.07, 6.45) is 6.40. The molecule has 1 aliphatic heterocycles. The van der Waals surface area contributed by atoms with Gasteiger partial charge in [0, 0.05) is 13.0 Å². The number of likely N-dealkylation sites (N-methyl/N-ethyl adjacent to an activating group) is 1. The first-order valence-corrected chi connectivity index (χ1v) is 10.2. The molecule has 0 unspecified atom stereocenters. The summed E-state index contributed by atoms with van der Waals surface area (Å²) >= 11 is 0. The molecule has 1 amide bonds. The minimum Gasteiger partial charge on any atom is -0.341 e. The molecule has 152 valence electrons. The lowest BCUT2D eigenvalue weighted by molar-refractivity contribution is -0.137. The second-order valence-corrected chi connectivity index (χ2v) is 7.75. The Morgan fingerprint density at radius 3 is 2.59 bits per heavy atom. The molecule has 29 heavy (non-hydrogen) atoms. The SMILES string of the molecule is CCc1ncc(-c2cnc([C@@H]3CCCN3C(=O)[C@@H](c3ccccc3)N(C)C)[nH]2)[nH]1. The molecule has 7 heteroatoms. The Labute approximate surface area is 171 Å². The Bertz CT molecular complexity index is 961. The number of carbonyl (C=O) groups excluding carboxylic acids is 1. The molecular formula is C22H28N6O. The zero-order valence-corrected chi connectivity index (χ0v) is 17.2. The highest BCUT2D eigenvalue weighted by molar-refractivity contribution is 5.84. The van der Waals surface area contributed by atoms with E-state index >= 15 is 0 Å². The number of rotatable bonds is 6. The summed E-state index contributed by atoms with van der Waals surface area (Å²) in [5, 5.41) is 0. The molecule has 1 fully saturated rings. The van der Waals surface area contributed by atoms with Gasteiger partial charge in [0.15, 0.2) is 0 Å². The summed E-state index contributed by atoms with van der Waals surface area (Å²) in [6, 6.07) is 9.64. The molecule has 3 heterocycles. The second-order valence-electron chi connectivity index (χ2n) is 7.75. The number of hydrogen-bond acceptors (Lipinski definition) is 4. The van der Waals surface area contributed by atoms with Crippen LogP contribution in [0.3, 0.4) is 0 Å². The molecule has 0 radical (unpaired) electrons. The maximum atomic E-state index is 13.5. The van der Waals surface area contributed by atoms with E-state index in [-0.39, 0.29) is 18.0 Å². The number of carbonyl (C=O) groups is 1. The Morgan fingerprint density at radius 2 is 1.90 bits per heavy atom. The summed E-state index contributed by atoms with van der Waals surface area (Å²) in [7, 11) is 3.91. The minimum absolute atomic E-state index is 0.0315. The lowest BCUT2D eigenvalue weighted by Gasteiger charge is -2.31. The molecule has 7 nitrogen and oxygen atoms in total. The van der Waals surface area contributed by atoms with Crippen molar-refractivity contribution in [1.29, 1.82) is 0 Å². The van der Waals surface area contributed by atoms with Crippen LogP contribution >= 0.6 is 0 Å². The monoisotopic (exact) mass is 392 g/mol. The van der Waals surface area contributed by atoms with Gasteiger partial charge in [-0.25, -0.2) is 9.97 Å². The molecule has 4 rings (SSSR count). The van der Waals surface area contributed by atoms with Crippen molar-refractivity contribution >= 4 is 5.91 Å². The number of aromatic nitrogens is 4. The number of aromatic amines is 2. The molecule has 1 aromatic carbocycles. The fourth-order valence-corrected chi connectivity index (χ4v) is 4.09. The second kappa shape index (κ2) is 8.21. The standard InChI is InChI=1S/C22H28N6O/c1-4-19-23-13-16(25-19)17-14-24-21(26-17)18-11-8-12-28(18)22(29)20(27(2)3)15-9-6-5-7-10-15/h5-7,9-10,13-14,18,20H,4,8,11-12H2,1-3H3,(H,23,25)(H,24,26)/t18-,20+/m0/s1. The van der Waals surface area contributed by atoms with Crippen molar-refractivity contribution in [2.45, 2.75) is 38.3 Å². The maximum absolute atomic E-state index is 13.5. The zero-order valence-electron chi connectivity index (χ0n) is 17.2. The van der Waals surface area contributed by atoms with Crippen molar-refractivity contribution in [2.24, 2.45) is 0 Å². The van der Waals surface area contributed by atoms with E-state index in [2.05, 4.69) is 26.9 Å². The zero-order chi connectivity index (χ0) is 20.4. The molecule has 2 N–H and O–H groups in total. The van der Waals surface area contributed by atoms with Crippen LogP contribution in [0.15, 0.2) is 42.7 Å². The van der Waals surface area contributed by atoms with E-state index in [1.807, 2.05) is 66.6 Å². The first-order chi connectivity index (χ1) is 14.1. The van der Waals surface area contributed by atoms with Crippen LogP contribution < -0.4 is 0 Å². The first-order valence-electron chi connectivity index (χ1n) is 10.2. The molecule has 0 spiro atoms. The number of nitrogens with zero attached hydrogens (tertiary/aromatic N) is 4. The van der Waals surface area contributed by atoms with Crippen LogP contribution in [0.5, 0.6) is 0 Å². The van der Waals surface area contributed by atoms with Gasteiger partial charge in [-0.05, 0) is 32.5 Å². The van der Waals surface area contributed by atoms with Gasteiger partial charge in [-0.3, -0.25) is 9.69 Å². The van der Waals surface area contributed by atoms with E-state index in [1.54, 1.807) is 0 Å². The Morgan fingerprint density at radius 1 is 1.17 bits per heavy atom. The normalized spacial score (nSPS) is 17.8. The van der Waals surface area contributed by atoms with Crippen LogP contribution in [0, 0.1) is 0 Å². The number of aryl methyl sites for hydroxylation is 1. The third kappa shape index (κ3) is 3.82. The highest BCUT2D eigenvalue weighted by Crippen LogP contribution is 2.34. The smallest absolute Gasteiger partial charge is 0.245 e. The van der Waals surface area contributed by atoms with E-state index in [0.717, 1.165) is 54.4 Å². The summed E-state index contributed by atoms with van der Waals surface area (Å²) < 4.78 is 0. The highest BCUT2D eigenvalue weighted by Gasteiger charge is 2.37. The first kappa shape index (κ1) is 19.4. The Hall–Kier alpha value is -2.93. The largest absolute Gasteiger partial charge is 0.341 e. The minimum atomic E-state index is -0.300. The van der Waals surface area contributed by atoms with Crippen molar-refractivity contribution in [2.75, 3.05) is 20.6 Å². The van der Waals surface area contributed by atoms with Crippen LogP contribution in [0.1, 0.15) is 49.1 Å². The molecule has 3 aromatic rings. The van der Waals surface area contributed by atoms with E-state index in [0.29, 0.717) is 0 Å². The Kier molecular flexibility index (Phi) is 5.49. The van der Waals surface area contributed by atoms with Gasteiger partial charge in [-0.2, -0.15) is 0 Å². The summed E-state index contributed by atoms with van der Waals surface area (Å²) in [6.45, 7) is 2.82. The van der Waals surface area contributed by atoms with E-state index in [9.17, 15) is 4.79 Å². The predicted molar refractivity (Wildman–Crippen MR) is 112 cm³/mol. The van der Waals surface area contributed by atoms with E-state index in [1.165, 1.54) is 0 Å². The number of H-pyrrole nitrogens is 2. The van der Waals surface area contributed by atoms with Gasteiger partial charge in [-0.15, -0.1) is 0 Å². The third-order valence-corrected chi connectivity index (χ3v) is 5.57. The van der Waals surface area contributed by atoms with Gasteiger partial charge in [0.2, 0.25) is 5.91 Å². The van der Waals surface area contributed by atoms with E-state index in [4.69, 9.17) is 0 Å².